The van der Waals surface area contributed by atoms with Gasteiger partial charge in [-0.15, -0.1) is 0 Å². The van der Waals surface area contributed by atoms with Gasteiger partial charge in [0.05, 0.1) is 23.4 Å². The minimum atomic E-state index is -0.117. The van der Waals surface area contributed by atoms with Gasteiger partial charge in [0.1, 0.15) is 0 Å². The molecule has 0 atom stereocenters. The number of anilines is 2. The number of nitrogens with one attached hydrogen (secondary N) is 3. The molecule has 1 aromatic carbocycles. The fourth-order valence-electron chi connectivity index (χ4n) is 4.32. The molecule has 2 fully saturated rings. The van der Waals surface area contributed by atoms with Gasteiger partial charge in [-0.05, 0) is 64.9 Å². The van der Waals surface area contributed by atoms with E-state index in [1.165, 1.54) is 5.69 Å². The van der Waals surface area contributed by atoms with Crippen molar-refractivity contribution >= 4 is 23.2 Å². The summed E-state index contributed by atoms with van der Waals surface area (Å²) in [5.74, 6) is 0.516. The molecule has 1 saturated carbocycles. The second-order valence-electron chi connectivity index (χ2n) is 9.22. The first-order chi connectivity index (χ1) is 15.4. The third kappa shape index (κ3) is 5.30. The Morgan fingerprint density at radius 1 is 1.19 bits per heavy atom. The molecule has 172 valence electrons. The molecule has 2 aromatic rings. The number of carbonyl (C=O) groups is 2. The summed E-state index contributed by atoms with van der Waals surface area (Å²) in [4.78, 5) is 37.2. The molecule has 1 aliphatic heterocycles. The highest BCUT2D eigenvalue weighted by molar-refractivity contribution is 6.01. The van der Waals surface area contributed by atoms with E-state index >= 15 is 0 Å². The van der Waals surface area contributed by atoms with Crippen molar-refractivity contribution in [2.45, 2.75) is 38.5 Å². The van der Waals surface area contributed by atoms with Crippen LogP contribution in [-0.2, 0) is 4.79 Å². The van der Waals surface area contributed by atoms with Crippen molar-refractivity contribution in [1.82, 2.24) is 20.2 Å². The lowest BCUT2D eigenvalue weighted by atomic mass is 9.92. The summed E-state index contributed by atoms with van der Waals surface area (Å²) < 4.78 is 0. The molecule has 8 nitrogen and oxygen atoms in total. The van der Waals surface area contributed by atoms with Gasteiger partial charge in [0.15, 0.2) is 0 Å². The fraction of sp³-hybridized carbons (Fsp3) is 0.542. The van der Waals surface area contributed by atoms with Gasteiger partial charge in [0, 0.05) is 49.3 Å². The van der Waals surface area contributed by atoms with Gasteiger partial charge in [0.2, 0.25) is 5.91 Å². The zero-order chi connectivity index (χ0) is 22.7. The van der Waals surface area contributed by atoms with Crippen molar-refractivity contribution in [3.8, 4) is 0 Å². The smallest absolute Gasteiger partial charge is 0.251 e. The second kappa shape index (κ2) is 9.73. The lowest BCUT2D eigenvalue weighted by Crippen LogP contribution is -2.34. The summed E-state index contributed by atoms with van der Waals surface area (Å²) in [5.41, 5.74) is 4.60. The standard InChI is InChI=1S/C24H34N6O2/c1-16-22(27-15-26-16)17-8-11-30(12-9-17)21-7-6-19(23(31)25-10-13-29(2)3)14-20(21)28-24(32)18-4-5-18/h6-7,14-15,17-18H,4-5,8-13H2,1-3H3,(H,25,31)(H,26,27)(H,28,32). The van der Waals surface area contributed by atoms with E-state index in [4.69, 9.17) is 0 Å². The SMILES string of the molecule is Cc1nc[nH]c1C1CCN(c2ccc(C(=O)NCCN(C)C)cc2NC(=O)C2CC2)CC1. The van der Waals surface area contributed by atoms with Crippen LogP contribution in [0.1, 0.15) is 53.3 Å². The number of aromatic nitrogens is 2. The number of likely N-dealkylation sites (N-methyl/N-ethyl adjacent to an activating group) is 1. The molecule has 0 bridgehead atoms. The topological polar surface area (TPSA) is 93.4 Å². The van der Waals surface area contributed by atoms with Gasteiger partial charge >= 0.3 is 0 Å². The number of imidazole rings is 1. The molecule has 32 heavy (non-hydrogen) atoms. The van der Waals surface area contributed by atoms with Crippen LogP contribution in [0.3, 0.4) is 0 Å². The van der Waals surface area contributed by atoms with Gasteiger partial charge in [0.25, 0.3) is 5.91 Å². The summed E-state index contributed by atoms with van der Waals surface area (Å²) >= 11 is 0. The first kappa shape index (κ1) is 22.3. The van der Waals surface area contributed by atoms with Gasteiger partial charge in [-0.3, -0.25) is 9.59 Å². The zero-order valence-corrected chi connectivity index (χ0v) is 19.3. The number of piperidine rings is 1. The van der Waals surface area contributed by atoms with Crippen LogP contribution in [-0.4, -0.2) is 67.0 Å². The third-order valence-electron chi connectivity index (χ3n) is 6.42. The number of aryl methyl sites for hydroxylation is 1. The van der Waals surface area contributed by atoms with Crippen LogP contribution in [0.15, 0.2) is 24.5 Å². The molecule has 4 rings (SSSR count). The quantitative estimate of drug-likeness (QED) is 0.589. The first-order valence-electron chi connectivity index (χ1n) is 11.5. The maximum absolute atomic E-state index is 12.6. The average molecular weight is 439 g/mol. The molecule has 0 radical (unpaired) electrons. The number of aromatic amines is 1. The number of nitrogens with zero attached hydrogens (tertiary/aromatic N) is 3. The molecule has 0 spiro atoms. The highest BCUT2D eigenvalue weighted by Crippen LogP contribution is 2.36. The van der Waals surface area contributed by atoms with E-state index in [9.17, 15) is 9.59 Å². The van der Waals surface area contributed by atoms with E-state index in [1.54, 1.807) is 6.33 Å². The molecule has 1 aliphatic carbocycles. The van der Waals surface area contributed by atoms with Crippen LogP contribution < -0.4 is 15.5 Å². The van der Waals surface area contributed by atoms with Crippen molar-refractivity contribution in [3.63, 3.8) is 0 Å². The van der Waals surface area contributed by atoms with Gasteiger partial charge in [-0.2, -0.15) is 0 Å². The number of hydrogen-bond donors (Lipinski definition) is 3. The van der Waals surface area contributed by atoms with Crippen LogP contribution in [0.25, 0.3) is 0 Å². The summed E-state index contributed by atoms with van der Waals surface area (Å²) in [5, 5.41) is 6.06. The normalized spacial score (nSPS) is 16.9. The maximum atomic E-state index is 12.6. The summed E-state index contributed by atoms with van der Waals surface area (Å²) in [6.45, 7) is 5.19. The van der Waals surface area contributed by atoms with Crippen LogP contribution >= 0.6 is 0 Å². The summed E-state index contributed by atoms with van der Waals surface area (Å²) in [6.07, 6.45) is 5.70. The first-order valence-corrected chi connectivity index (χ1v) is 11.5. The molecule has 2 heterocycles. The monoisotopic (exact) mass is 438 g/mol. The predicted octanol–water partition coefficient (Wildman–Crippen LogP) is 2.74. The molecule has 1 saturated heterocycles. The van der Waals surface area contributed by atoms with E-state index < -0.39 is 0 Å². The second-order valence-corrected chi connectivity index (χ2v) is 9.22. The molecular weight excluding hydrogens is 404 g/mol. The highest BCUT2D eigenvalue weighted by Gasteiger charge is 2.31. The van der Waals surface area contributed by atoms with Crippen molar-refractivity contribution < 1.29 is 9.59 Å². The lowest BCUT2D eigenvalue weighted by Gasteiger charge is -2.34. The van der Waals surface area contributed by atoms with Gasteiger partial charge in [-0.1, -0.05) is 0 Å². The van der Waals surface area contributed by atoms with Gasteiger partial charge in [-0.25, -0.2) is 4.98 Å². The molecule has 2 amide bonds. The third-order valence-corrected chi connectivity index (χ3v) is 6.42. The molecule has 0 unspecified atom stereocenters. The van der Waals surface area contributed by atoms with E-state index in [-0.39, 0.29) is 17.7 Å². The molecule has 1 aromatic heterocycles. The average Bonchev–Trinajstić information content (AvgIpc) is 3.55. The van der Waals surface area contributed by atoms with E-state index in [1.807, 2.05) is 44.1 Å². The Kier molecular flexibility index (Phi) is 6.79. The van der Waals surface area contributed by atoms with Crippen LogP contribution in [0.5, 0.6) is 0 Å². The molecule has 3 N–H and O–H groups in total. The number of amides is 2. The minimum absolute atomic E-state index is 0.0550. The Balaban J connectivity index is 1.48. The number of rotatable bonds is 8. The lowest BCUT2D eigenvalue weighted by molar-refractivity contribution is -0.117. The van der Waals surface area contributed by atoms with E-state index in [0.29, 0.717) is 18.0 Å². The van der Waals surface area contributed by atoms with E-state index in [0.717, 1.165) is 62.4 Å². The van der Waals surface area contributed by atoms with Crippen molar-refractivity contribution in [2.24, 2.45) is 5.92 Å². The van der Waals surface area contributed by atoms with Crippen LogP contribution in [0.4, 0.5) is 11.4 Å². The van der Waals surface area contributed by atoms with Crippen molar-refractivity contribution in [2.75, 3.05) is 50.5 Å². The Morgan fingerprint density at radius 2 is 1.94 bits per heavy atom. The number of benzene rings is 1. The summed E-state index contributed by atoms with van der Waals surface area (Å²) in [6, 6.07) is 5.66. The highest BCUT2D eigenvalue weighted by atomic mass is 16.2. The Labute approximate surface area is 189 Å². The van der Waals surface area contributed by atoms with E-state index in [2.05, 4.69) is 25.5 Å². The van der Waals surface area contributed by atoms with Crippen molar-refractivity contribution in [1.29, 1.82) is 0 Å². The predicted molar refractivity (Wildman–Crippen MR) is 126 cm³/mol. The molecule has 2 aliphatic rings. The van der Waals surface area contributed by atoms with Crippen LogP contribution in [0, 0.1) is 12.8 Å². The minimum Gasteiger partial charge on any atom is -0.370 e. The van der Waals surface area contributed by atoms with Gasteiger partial charge < -0.3 is 25.4 Å². The number of H-pyrrole nitrogens is 1. The number of carbonyl (C=O) groups excluding carboxylic acids is 2. The Bertz CT molecular complexity index is 957. The number of hydrogen-bond acceptors (Lipinski definition) is 5. The van der Waals surface area contributed by atoms with Crippen molar-refractivity contribution in [3.05, 3.63) is 41.5 Å². The Morgan fingerprint density at radius 3 is 2.56 bits per heavy atom. The molecular formula is C24H34N6O2. The zero-order valence-electron chi connectivity index (χ0n) is 19.3. The fourth-order valence-corrected chi connectivity index (χ4v) is 4.32. The molecule has 8 heteroatoms. The van der Waals surface area contributed by atoms with Crippen LogP contribution in [0.2, 0.25) is 0 Å². The summed E-state index contributed by atoms with van der Waals surface area (Å²) in [7, 11) is 3.95. The maximum Gasteiger partial charge on any atom is 0.251 e. The Hall–Kier alpha value is -2.87. The largest absolute Gasteiger partial charge is 0.370 e.